The van der Waals surface area contributed by atoms with Gasteiger partial charge in [0.2, 0.25) is 5.88 Å². The van der Waals surface area contributed by atoms with Crippen LogP contribution in [0.5, 0.6) is 11.6 Å². The molecule has 0 spiro atoms. The highest BCUT2D eigenvalue weighted by Crippen LogP contribution is 2.24. The van der Waals surface area contributed by atoms with Crippen molar-refractivity contribution in [3.63, 3.8) is 0 Å². The summed E-state index contributed by atoms with van der Waals surface area (Å²) < 4.78 is 5.75. The molecular weight excluding hydrogens is 238 g/mol. The molecule has 0 saturated heterocycles. The first-order valence-electron chi connectivity index (χ1n) is 6.20. The molecule has 0 amide bonds. The summed E-state index contributed by atoms with van der Waals surface area (Å²) in [5.74, 6) is 1.27. The van der Waals surface area contributed by atoms with Crippen molar-refractivity contribution in [3.05, 3.63) is 53.7 Å². The molecule has 0 aliphatic carbocycles. The standard InChI is InChI=1S/C15H17N3O/c1-3-6-12-7-4-5-8-14(12)19-15-10-9-13(11-16-2)17-18-15/h3-10,16H,11H2,1-2H3. The smallest absolute Gasteiger partial charge is 0.238 e. The van der Waals surface area contributed by atoms with Crippen molar-refractivity contribution in [2.45, 2.75) is 13.5 Å². The maximum atomic E-state index is 5.75. The van der Waals surface area contributed by atoms with Gasteiger partial charge in [-0.25, -0.2) is 0 Å². The number of hydrogen-bond donors (Lipinski definition) is 1. The number of rotatable bonds is 5. The minimum atomic E-state index is 0.497. The van der Waals surface area contributed by atoms with Crippen LogP contribution >= 0.6 is 0 Å². The van der Waals surface area contributed by atoms with Crippen LogP contribution in [0.2, 0.25) is 0 Å². The zero-order valence-corrected chi connectivity index (χ0v) is 11.1. The zero-order chi connectivity index (χ0) is 13.5. The predicted octanol–water partition coefficient (Wildman–Crippen LogP) is 3.02. The second-order valence-corrected chi connectivity index (χ2v) is 4.03. The van der Waals surface area contributed by atoms with Crippen LogP contribution in [0, 0.1) is 0 Å². The lowest BCUT2D eigenvalue weighted by atomic mass is 10.2. The number of ether oxygens (including phenoxy) is 1. The van der Waals surface area contributed by atoms with Gasteiger partial charge in [0.15, 0.2) is 0 Å². The quantitative estimate of drug-likeness (QED) is 0.892. The minimum Gasteiger partial charge on any atom is -0.437 e. The summed E-state index contributed by atoms with van der Waals surface area (Å²) in [6.45, 7) is 2.67. The molecule has 0 atom stereocenters. The zero-order valence-electron chi connectivity index (χ0n) is 11.1. The van der Waals surface area contributed by atoms with E-state index in [4.69, 9.17) is 4.74 Å². The second kappa shape index (κ2) is 6.66. The largest absolute Gasteiger partial charge is 0.437 e. The van der Waals surface area contributed by atoms with E-state index in [0.29, 0.717) is 12.4 Å². The van der Waals surface area contributed by atoms with Gasteiger partial charge in [-0.3, -0.25) is 0 Å². The molecule has 4 nitrogen and oxygen atoms in total. The van der Waals surface area contributed by atoms with Crippen molar-refractivity contribution in [2.24, 2.45) is 0 Å². The fourth-order valence-corrected chi connectivity index (χ4v) is 1.68. The summed E-state index contributed by atoms with van der Waals surface area (Å²) in [5, 5.41) is 11.2. The van der Waals surface area contributed by atoms with Crippen molar-refractivity contribution in [2.75, 3.05) is 7.05 Å². The van der Waals surface area contributed by atoms with E-state index in [9.17, 15) is 0 Å². The molecule has 1 aromatic carbocycles. The van der Waals surface area contributed by atoms with Crippen LogP contribution in [0.1, 0.15) is 18.2 Å². The monoisotopic (exact) mass is 255 g/mol. The molecule has 0 bridgehead atoms. The molecule has 2 rings (SSSR count). The average Bonchev–Trinajstić information content (AvgIpc) is 2.44. The van der Waals surface area contributed by atoms with Gasteiger partial charge in [-0.2, -0.15) is 5.10 Å². The lowest BCUT2D eigenvalue weighted by molar-refractivity contribution is 0.452. The van der Waals surface area contributed by atoms with Crippen LogP contribution < -0.4 is 10.1 Å². The van der Waals surface area contributed by atoms with Gasteiger partial charge in [0.25, 0.3) is 0 Å². The van der Waals surface area contributed by atoms with Gasteiger partial charge in [0.1, 0.15) is 5.75 Å². The maximum absolute atomic E-state index is 5.75. The minimum absolute atomic E-state index is 0.497. The number of nitrogens with one attached hydrogen (secondary N) is 1. The first-order chi connectivity index (χ1) is 9.33. The highest BCUT2D eigenvalue weighted by atomic mass is 16.5. The second-order valence-electron chi connectivity index (χ2n) is 4.03. The molecule has 0 radical (unpaired) electrons. The normalized spacial score (nSPS) is 10.8. The lowest BCUT2D eigenvalue weighted by Crippen LogP contribution is -2.07. The van der Waals surface area contributed by atoms with E-state index in [2.05, 4.69) is 15.5 Å². The third kappa shape index (κ3) is 3.63. The number of allylic oxidation sites excluding steroid dienone is 1. The van der Waals surface area contributed by atoms with E-state index in [1.165, 1.54) is 0 Å². The highest BCUT2D eigenvalue weighted by Gasteiger charge is 2.03. The summed E-state index contributed by atoms with van der Waals surface area (Å²) in [4.78, 5) is 0. The van der Waals surface area contributed by atoms with Crippen LogP contribution in [0.4, 0.5) is 0 Å². The van der Waals surface area contributed by atoms with Crippen LogP contribution in [0.3, 0.4) is 0 Å². The van der Waals surface area contributed by atoms with Gasteiger partial charge in [0.05, 0.1) is 5.69 Å². The Labute approximate surface area is 113 Å². The molecule has 4 heteroatoms. The molecule has 0 unspecified atom stereocenters. The lowest BCUT2D eigenvalue weighted by Gasteiger charge is -2.07. The summed E-state index contributed by atoms with van der Waals surface area (Å²) in [6, 6.07) is 11.6. The summed E-state index contributed by atoms with van der Waals surface area (Å²) in [5.41, 5.74) is 1.91. The fraction of sp³-hybridized carbons (Fsp3) is 0.200. The maximum Gasteiger partial charge on any atom is 0.238 e. The number of para-hydroxylation sites is 1. The van der Waals surface area contributed by atoms with Crippen LogP contribution in [-0.4, -0.2) is 17.2 Å². The Hall–Kier alpha value is -2.20. The number of benzene rings is 1. The van der Waals surface area contributed by atoms with Crippen LogP contribution in [0.15, 0.2) is 42.5 Å². The van der Waals surface area contributed by atoms with Crippen molar-refractivity contribution in [3.8, 4) is 11.6 Å². The molecule has 2 aromatic rings. The Bertz CT molecular complexity index is 550. The van der Waals surface area contributed by atoms with Gasteiger partial charge in [0, 0.05) is 18.2 Å². The predicted molar refractivity (Wildman–Crippen MR) is 76.0 cm³/mol. The molecule has 0 aliphatic rings. The summed E-state index contributed by atoms with van der Waals surface area (Å²) >= 11 is 0. The van der Waals surface area contributed by atoms with E-state index in [1.807, 2.05) is 62.5 Å². The van der Waals surface area contributed by atoms with E-state index < -0.39 is 0 Å². The van der Waals surface area contributed by atoms with Gasteiger partial charge in [-0.1, -0.05) is 30.4 Å². The summed E-state index contributed by atoms with van der Waals surface area (Å²) in [6.07, 6.45) is 3.97. The first-order valence-corrected chi connectivity index (χ1v) is 6.20. The first kappa shape index (κ1) is 13.2. The third-order valence-electron chi connectivity index (χ3n) is 2.53. The molecule has 0 fully saturated rings. The van der Waals surface area contributed by atoms with E-state index in [1.54, 1.807) is 0 Å². The van der Waals surface area contributed by atoms with Gasteiger partial charge < -0.3 is 10.1 Å². The van der Waals surface area contributed by atoms with Crippen molar-refractivity contribution < 1.29 is 4.74 Å². The molecule has 0 aliphatic heterocycles. The Kier molecular flexibility index (Phi) is 4.64. The Morgan fingerprint density at radius 2 is 2.00 bits per heavy atom. The molecule has 98 valence electrons. The average molecular weight is 255 g/mol. The highest BCUT2D eigenvalue weighted by molar-refractivity contribution is 5.57. The Morgan fingerprint density at radius 1 is 1.16 bits per heavy atom. The fourth-order valence-electron chi connectivity index (χ4n) is 1.68. The van der Waals surface area contributed by atoms with Crippen LogP contribution in [-0.2, 0) is 6.54 Å². The topological polar surface area (TPSA) is 47.0 Å². The molecule has 1 heterocycles. The SMILES string of the molecule is CC=Cc1ccccc1Oc1ccc(CNC)nn1. The van der Waals surface area contributed by atoms with E-state index in [-0.39, 0.29) is 0 Å². The number of nitrogens with zero attached hydrogens (tertiary/aromatic N) is 2. The van der Waals surface area contributed by atoms with Crippen molar-refractivity contribution in [1.29, 1.82) is 0 Å². The molecular formula is C15H17N3O. The Morgan fingerprint density at radius 3 is 2.68 bits per heavy atom. The van der Waals surface area contributed by atoms with Crippen molar-refractivity contribution >= 4 is 6.08 Å². The van der Waals surface area contributed by atoms with E-state index in [0.717, 1.165) is 17.0 Å². The molecule has 1 N–H and O–H groups in total. The number of hydrogen-bond acceptors (Lipinski definition) is 4. The van der Waals surface area contributed by atoms with Gasteiger partial charge >= 0.3 is 0 Å². The van der Waals surface area contributed by atoms with E-state index >= 15 is 0 Å². The molecule has 0 saturated carbocycles. The Balaban J connectivity index is 2.16. The summed E-state index contributed by atoms with van der Waals surface area (Å²) in [7, 11) is 1.87. The van der Waals surface area contributed by atoms with Gasteiger partial charge in [-0.15, -0.1) is 5.10 Å². The third-order valence-corrected chi connectivity index (χ3v) is 2.53. The molecule has 19 heavy (non-hydrogen) atoms. The number of aromatic nitrogens is 2. The molecule has 1 aromatic heterocycles. The van der Waals surface area contributed by atoms with Crippen molar-refractivity contribution in [1.82, 2.24) is 15.5 Å². The van der Waals surface area contributed by atoms with Crippen LogP contribution in [0.25, 0.3) is 6.08 Å². The van der Waals surface area contributed by atoms with Gasteiger partial charge in [-0.05, 0) is 26.1 Å².